The van der Waals surface area contributed by atoms with Gasteiger partial charge in [0.25, 0.3) is 5.91 Å². The summed E-state index contributed by atoms with van der Waals surface area (Å²) in [7, 11) is 0. The van der Waals surface area contributed by atoms with E-state index < -0.39 is 0 Å². The van der Waals surface area contributed by atoms with E-state index >= 15 is 0 Å². The van der Waals surface area contributed by atoms with E-state index in [0.29, 0.717) is 5.56 Å². The Labute approximate surface area is 167 Å². The van der Waals surface area contributed by atoms with Gasteiger partial charge in [0.15, 0.2) is 0 Å². The molecule has 3 heterocycles. The Morgan fingerprint density at radius 2 is 1.79 bits per heavy atom. The number of nitrogens with zero attached hydrogens (tertiary/aromatic N) is 4. The highest BCUT2D eigenvalue weighted by Gasteiger charge is 2.28. The number of benzene rings is 1. The molecule has 148 valence electrons. The molecule has 1 unspecified atom stereocenters. The Hall–Kier alpha value is -2.27. The number of likely N-dealkylation sites (tertiary alicyclic amines) is 2. The molecule has 0 bridgehead atoms. The quantitative estimate of drug-likeness (QED) is 0.802. The van der Waals surface area contributed by atoms with Crippen LogP contribution in [0.4, 0.5) is 0 Å². The first-order valence-corrected chi connectivity index (χ1v) is 10.6. The van der Waals surface area contributed by atoms with Gasteiger partial charge in [-0.3, -0.25) is 9.69 Å². The van der Waals surface area contributed by atoms with E-state index in [1.54, 1.807) is 6.20 Å². The molecule has 2 fully saturated rings. The van der Waals surface area contributed by atoms with Crippen LogP contribution in [0, 0.1) is 6.92 Å². The van der Waals surface area contributed by atoms with Gasteiger partial charge in [-0.05, 0) is 51.1 Å². The predicted octanol–water partition coefficient (Wildman–Crippen LogP) is 4.14. The molecule has 0 saturated carbocycles. The molecule has 1 aromatic heterocycles. The summed E-state index contributed by atoms with van der Waals surface area (Å²) >= 11 is 0. The van der Waals surface area contributed by atoms with Crippen molar-refractivity contribution >= 4 is 5.91 Å². The van der Waals surface area contributed by atoms with Gasteiger partial charge in [0.05, 0.1) is 17.3 Å². The van der Waals surface area contributed by atoms with E-state index in [4.69, 9.17) is 4.98 Å². The zero-order valence-electron chi connectivity index (χ0n) is 16.8. The molecule has 5 nitrogen and oxygen atoms in total. The van der Waals surface area contributed by atoms with E-state index in [2.05, 4.69) is 40.2 Å². The van der Waals surface area contributed by atoms with Crippen LogP contribution in [0.25, 0.3) is 0 Å². The van der Waals surface area contributed by atoms with Gasteiger partial charge in [-0.2, -0.15) is 0 Å². The number of rotatable bonds is 4. The monoisotopic (exact) mass is 378 g/mol. The number of carbonyl (C=O) groups is 1. The second-order valence-electron chi connectivity index (χ2n) is 8.05. The molecule has 0 aliphatic carbocycles. The topological polar surface area (TPSA) is 49.3 Å². The summed E-state index contributed by atoms with van der Waals surface area (Å²) in [4.78, 5) is 26.8. The van der Waals surface area contributed by atoms with Gasteiger partial charge in [0.2, 0.25) is 0 Å². The molecule has 2 aromatic rings. The van der Waals surface area contributed by atoms with Crippen molar-refractivity contribution in [2.45, 2.75) is 58.0 Å². The highest BCUT2D eigenvalue weighted by atomic mass is 16.2. The van der Waals surface area contributed by atoms with Crippen molar-refractivity contribution in [2.75, 3.05) is 19.6 Å². The summed E-state index contributed by atoms with van der Waals surface area (Å²) in [5, 5.41) is 0. The lowest BCUT2D eigenvalue weighted by Gasteiger charge is -2.35. The number of aryl methyl sites for hydroxylation is 1. The van der Waals surface area contributed by atoms with Crippen molar-refractivity contribution in [2.24, 2.45) is 0 Å². The van der Waals surface area contributed by atoms with Crippen LogP contribution in [0.5, 0.6) is 0 Å². The third kappa shape index (κ3) is 4.25. The third-order valence-electron chi connectivity index (χ3n) is 6.01. The summed E-state index contributed by atoms with van der Waals surface area (Å²) in [6.45, 7) is 5.65. The molecule has 4 rings (SSSR count). The number of amides is 1. The summed E-state index contributed by atoms with van der Waals surface area (Å²) in [5.41, 5.74) is 2.80. The zero-order valence-corrected chi connectivity index (χ0v) is 16.8. The van der Waals surface area contributed by atoms with Gasteiger partial charge in [0, 0.05) is 25.8 Å². The van der Waals surface area contributed by atoms with Crippen molar-refractivity contribution in [1.29, 1.82) is 0 Å². The highest BCUT2D eigenvalue weighted by molar-refractivity contribution is 5.95. The molecular weight excluding hydrogens is 348 g/mol. The normalized spacial score (nSPS) is 20.9. The average molecular weight is 379 g/mol. The minimum absolute atomic E-state index is 0.0912. The highest BCUT2D eigenvalue weighted by Crippen LogP contribution is 2.30. The van der Waals surface area contributed by atoms with Crippen molar-refractivity contribution < 1.29 is 4.79 Å². The SMILES string of the molecule is Cc1nc(C2CCCCN2Cc2ccccc2)ncc1C(=O)N1CCCCC1. The van der Waals surface area contributed by atoms with Gasteiger partial charge >= 0.3 is 0 Å². The van der Waals surface area contributed by atoms with Crippen molar-refractivity contribution in [1.82, 2.24) is 19.8 Å². The van der Waals surface area contributed by atoms with E-state index in [0.717, 1.165) is 57.0 Å². The van der Waals surface area contributed by atoms with Crippen molar-refractivity contribution in [3.8, 4) is 0 Å². The number of carbonyl (C=O) groups excluding carboxylic acids is 1. The molecule has 0 radical (unpaired) electrons. The van der Waals surface area contributed by atoms with Crippen LogP contribution in [0.15, 0.2) is 36.5 Å². The standard InChI is InChI=1S/C23H30N4O/c1-18-20(23(28)26-13-7-3-8-14-26)16-24-22(25-18)21-12-6-9-15-27(21)17-19-10-4-2-5-11-19/h2,4-5,10-11,16,21H,3,6-9,12-15,17H2,1H3. The van der Waals surface area contributed by atoms with Gasteiger partial charge < -0.3 is 4.90 Å². The smallest absolute Gasteiger partial charge is 0.257 e. The molecule has 0 N–H and O–H groups in total. The molecule has 1 amide bonds. The van der Waals surface area contributed by atoms with Crippen LogP contribution in [-0.2, 0) is 6.54 Å². The first-order valence-electron chi connectivity index (χ1n) is 10.6. The maximum atomic E-state index is 12.8. The fourth-order valence-corrected chi connectivity index (χ4v) is 4.41. The van der Waals surface area contributed by atoms with Crippen molar-refractivity contribution in [3.63, 3.8) is 0 Å². The molecule has 2 aliphatic heterocycles. The second kappa shape index (κ2) is 8.82. The Bertz CT molecular complexity index is 802. The van der Waals surface area contributed by atoms with Gasteiger partial charge in [0.1, 0.15) is 5.82 Å². The predicted molar refractivity (Wildman–Crippen MR) is 110 cm³/mol. The molecule has 1 atom stereocenters. The Kier molecular flexibility index (Phi) is 6.01. The fraction of sp³-hybridized carbons (Fsp3) is 0.522. The van der Waals surface area contributed by atoms with Crippen molar-refractivity contribution in [3.05, 3.63) is 59.2 Å². The molecule has 5 heteroatoms. The molecule has 0 spiro atoms. The third-order valence-corrected chi connectivity index (χ3v) is 6.01. The Morgan fingerprint density at radius 1 is 1.04 bits per heavy atom. The van der Waals surface area contributed by atoms with Crippen LogP contribution < -0.4 is 0 Å². The van der Waals surface area contributed by atoms with E-state index in [9.17, 15) is 4.79 Å². The number of hydrogen-bond acceptors (Lipinski definition) is 4. The number of hydrogen-bond donors (Lipinski definition) is 0. The molecule has 1 aromatic carbocycles. The zero-order chi connectivity index (χ0) is 19.3. The summed E-state index contributed by atoms with van der Waals surface area (Å²) in [6.07, 6.45) is 8.67. The summed E-state index contributed by atoms with van der Waals surface area (Å²) < 4.78 is 0. The first kappa shape index (κ1) is 19.1. The summed E-state index contributed by atoms with van der Waals surface area (Å²) in [5.74, 6) is 0.955. The van der Waals surface area contributed by atoms with Crippen LogP contribution in [-0.4, -0.2) is 45.3 Å². The second-order valence-corrected chi connectivity index (χ2v) is 8.05. The molecule has 2 aliphatic rings. The molecular formula is C23H30N4O. The lowest BCUT2D eigenvalue weighted by molar-refractivity contribution is 0.0722. The lowest BCUT2D eigenvalue weighted by Crippen LogP contribution is -2.37. The minimum atomic E-state index is 0.0912. The average Bonchev–Trinajstić information content (AvgIpc) is 2.75. The van der Waals surface area contributed by atoms with E-state index in [1.165, 1.54) is 24.8 Å². The van der Waals surface area contributed by atoms with Crippen LogP contribution >= 0.6 is 0 Å². The van der Waals surface area contributed by atoms with Crippen LogP contribution in [0.3, 0.4) is 0 Å². The largest absolute Gasteiger partial charge is 0.339 e. The fourth-order valence-electron chi connectivity index (χ4n) is 4.41. The maximum Gasteiger partial charge on any atom is 0.257 e. The number of piperidine rings is 2. The van der Waals surface area contributed by atoms with E-state index in [-0.39, 0.29) is 11.9 Å². The Morgan fingerprint density at radius 3 is 2.54 bits per heavy atom. The van der Waals surface area contributed by atoms with Crippen LogP contribution in [0.1, 0.15) is 72.0 Å². The maximum absolute atomic E-state index is 12.8. The molecule has 2 saturated heterocycles. The lowest BCUT2D eigenvalue weighted by atomic mass is 10.00. The Balaban J connectivity index is 1.52. The summed E-state index contributed by atoms with van der Waals surface area (Å²) in [6, 6.07) is 10.8. The van der Waals surface area contributed by atoms with Gasteiger partial charge in [-0.25, -0.2) is 9.97 Å². The first-order chi connectivity index (χ1) is 13.7. The van der Waals surface area contributed by atoms with E-state index in [1.807, 2.05) is 11.8 Å². The van der Waals surface area contributed by atoms with Gasteiger partial charge in [-0.15, -0.1) is 0 Å². The molecule has 28 heavy (non-hydrogen) atoms. The van der Waals surface area contributed by atoms with Gasteiger partial charge in [-0.1, -0.05) is 36.8 Å². The minimum Gasteiger partial charge on any atom is -0.339 e. The number of aromatic nitrogens is 2. The van der Waals surface area contributed by atoms with Crippen LogP contribution in [0.2, 0.25) is 0 Å².